The number of carbonyl (C=O) groups is 1. The molecule has 136 valence electrons. The fourth-order valence-corrected chi connectivity index (χ4v) is 3.17. The molecule has 0 saturated carbocycles. The minimum Gasteiger partial charge on any atom is -0.442 e. The highest BCUT2D eigenvalue weighted by Gasteiger charge is 2.23. The number of anilines is 1. The zero-order valence-electron chi connectivity index (χ0n) is 15.7. The normalized spacial score (nSPS) is 11.3. The van der Waals surface area contributed by atoms with Crippen LogP contribution >= 0.6 is 0 Å². The van der Waals surface area contributed by atoms with Crippen LogP contribution in [0.1, 0.15) is 41.1 Å². The molecule has 1 N–H and O–H groups in total. The van der Waals surface area contributed by atoms with Crippen LogP contribution in [0.5, 0.6) is 0 Å². The van der Waals surface area contributed by atoms with E-state index in [4.69, 9.17) is 4.42 Å². The molecular weight excluding hydrogens is 330 g/mol. The van der Waals surface area contributed by atoms with Gasteiger partial charge in [0.15, 0.2) is 0 Å². The Balaban J connectivity index is 2.07. The van der Waals surface area contributed by atoms with Crippen molar-refractivity contribution in [2.24, 2.45) is 5.92 Å². The van der Waals surface area contributed by atoms with Crippen LogP contribution in [0.2, 0.25) is 0 Å². The molecule has 0 aliphatic heterocycles. The Morgan fingerprint density at radius 2 is 1.85 bits per heavy atom. The molecule has 6 nitrogen and oxygen atoms in total. The summed E-state index contributed by atoms with van der Waals surface area (Å²) in [5, 5.41) is 3.10. The number of rotatable bonds is 4. The molecule has 1 aromatic carbocycles. The Kier molecular flexibility index (Phi) is 4.68. The number of aryl methyl sites for hydroxylation is 3. The van der Waals surface area contributed by atoms with Crippen LogP contribution in [-0.2, 0) is 6.54 Å². The minimum absolute atomic E-state index is 0.193. The molecule has 0 fully saturated rings. The van der Waals surface area contributed by atoms with E-state index in [0.29, 0.717) is 18.0 Å². The summed E-state index contributed by atoms with van der Waals surface area (Å²) in [5.74, 6) is 0.300. The Labute approximate surface area is 151 Å². The number of furan rings is 1. The molecule has 26 heavy (non-hydrogen) atoms. The maximum atomic E-state index is 12.9. The van der Waals surface area contributed by atoms with Gasteiger partial charge in [-0.3, -0.25) is 14.2 Å². The lowest BCUT2D eigenvalue weighted by Gasteiger charge is -2.09. The first kappa shape index (κ1) is 17.9. The smallest absolute Gasteiger partial charge is 0.265 e. The Hall–Kier alpha value is -2.89. The third kappa shape index (κ3) is 3.40. The molecule has 0 aliphatic carbocycles. The number of benzene rings is 1. The molecule has 6 heteroatoms. The van der Waals surface area contributed by atoms with Crippen LogP contribution in [-0.4, -0.2) is 15.5 Å². The van der Waals surface area contributed by atoms with Gasteiger partial charge in [0.05, 0.1) is 5.56 Å². The Morgan fingerprint density at radius 3 is 2.46 bits per heavy atom. The molecule has 0 atom stereocenters. The number of nitrogens with zero attached hydrogens (tertiary/aromatic N) is 2. The molecule has 2 aromatic heterocycles. The SMILES string of the molecule is Cc1cc(C)cc(NC(=O)c2c(C)oc3ncn(CC(C)C)c(=O)c23)c1. The first-order chi connectivity index (χ1) is 12.3. The molecule has 0 aliphatic rings. The standard InChI is InChI=1S/C20H23N3O3/c1-11(2)9-23-10-21-19-17(20(23)25)16(14(5)26-19)18(24)22-15-7-12(3)6-13(4)8-15/h6-8,10-11H,9H2,1-5H3,(H,22,24). The van der Waals surface area contributed by atoms with Crippen LogP contribution < -0.4 is 10.9 Å². The van der Waals surface area contributed by atoms with E-state index in [2.05, 4.69) is 10.3 Å². The first-order valence-corrected chi connectivity index (χ1v) is 8.64. The number of fused-ring (bicyclic) bond motifs is 1. The number of aromatic nitrogens is 2. The summed E-state index contributed by atoms with van der Waals surface area (Å²) in [5.41, 5.74) is 2.97. The molecule has 0 radical (unpaired) electrons. The summed E-state index contributed by atoms with van der Waals surface area (Å²) >= 11 is 0. The summed E-state index contributed by atoms with van der Waals surface area (Å²) in [6, 6.07) is 5.80. The molecule has 1 amide bonds. The summed E-state index contributed by atoms with van der Waals surface area (Å²) in [4.78, 5) is 29.9. The van der Waals surface area contributed by atoms with Gasteiger partial charge in [-0.2, -0.15) is 0 Å². The maximum absolute atomic E-state index is 12.9. The van der Waals surface area contributed by atoms with E-state index in [1.807, 2.05) is 45.9 Å². The van der Waals surface area contributed by atoms with Gasteiger partial charge in [0, 0.05) is 12.2 Å². The molecule has 0 spiro atoms. The second-order valence-corrected chi connectivity index (χ2v) is 7.14. The Morgan fingerprint density at radius 1 is 1.19 bits per heavy atom. The largest absolute Gasteiger partial charge is 0.442 e. The van der Waals surface area contributed by atoms with Gasteiger partial charge in [-0.15, -0.1) is 0 Å². The highest BCUT2D eigenvalue weighted by Crippen LogP contribution is 2.23. The summed E-state index contributed by atoms with van der Waals surface area (Å²) < 4.78 is 7.08. The molecule has 3 rings (SSSR count). The van der Waals surface area contributed by atoms with Gasteiger partial charge < -0.3 is 9.73 Å². The van der Waals surface area contributed by atoms with E-state index in [9.17, 15) is 9.59 Å². The van der Waals surface area contributed by atoms with Crippen molar-refractivity contribution in [2.75, 3.05) is 5.32 Å². The zero-order valence-corrected chi connectivity index (χ0v) is 15.7. The van der Waals surface area contributed by atoms with Crippen LogP contribution in [0.4, 0.5) is 5.69 Å². The molecular formula is C20H23N3O3. The number of carbonyl (C=O) groups excluding carboxylic acids is 1. The van der Waals surface area contributed by atoms with E-state index in [1.54, 1.807) is 6.92 Å². The fraction of sp³-hybridized carbons (Fsp3) is 0.350. The van der Waals surface area contributed by atoms with Crippen molar-refractivity contribution in [3.8, 4) is 0 Å². The number of hydrogen-bond acceptors (Lipinski definition) is 4. The van der Waals surface area contributed by atoms with Crippen molar-refractivity contribution >= 4 is 22.7 Å². The summed E-state index contributed by atoms with van der Waals surface area (Å²) in [6.07, 6.45) is 1.47. The first-order valence-electron chi connectivity index (χ1n) is 8.64. The van der Waals surface area contributed by atoms with Crippen LogP contribution in [0.15, 0.2) is 33.7 Å². The molecule has 0 saturated heterocycles. The monoisotopic (exact) mass is 353 g/mol. The predicted octanol–water partition coefficient (Wildman–Crippen LogP) is 3.82. The fourth-order valence-electron chi connectivity index (χ4n) is 3.17. The van der Waals surface area contributed by atoms with Gasteiger partial charge in [0.25, 0.3) is 11.5 Å². The van der Waals surface area contributed by atoms with Crippen LogP contribution in [0, 0.1) is 26.7 Å². The quantitative estimate of drug-likeness (QED) is 0.773. The van der Waals surface area contributed by atoms with E-state index >= 15 is 0 Å². The number of nitrogens with one attached hydrogen (secondary N) is 1. The molecule has 0 bridgehead atoms. The molecule has 0 unspecified atom stereocenters. The van der Waals surface area contributed by atoms with Gasteiger partial charge >= 0.3 is 0 Å². The second kappa shape index (κ2) is 6.78. The van der Waals surface area contributed by atoms with Gasteiger partial charge in [-0.1, -0.05) is 19.9 Å². The highest BCUT2D eigenvalue weighted by atomic mass is 16.3. The van der Waals surface area contributed by atoms with E-state index in [-0.39, 0.29) is 34.0 Å². The van der Waals surface area contributed by atoms with Gasteiger partial charge in [0.1, 0.15) is 17.5 Å². The van der Waals surface area contributed by atoms with Crippen LogP contribution in [0.3, 0.4) is 0 Å². The predicted molar refractivity (Wildman–Crippen MR) is 102 cm³/mol. The van der Waals surface area contributed by atoms with Crippen molar-refractivity contribution in [1.82, 2.24) is 9.55 Å². The molecule has 3 aromatic rings. The van der Waals surface area contributed by atoms with E-state index in [1.165, 1.54) is 10.9 Å². The number of amides is 1. The maximum Gasteiger partial charge on any atom is 0.265 e. The highest BCUT2D eigenvalue weighted by molar-refractivity contribution is 6.12. The lowest BCUT2D eigenvalue weighted by Crippen LogP contribution is -2.24. The van der Waals surface area contributed by atoms with Crippen molar-refractivity contribution in [2.45, 2.75) is 41.2 Å². The van der Waals surface area contributed by atoms with Crippen molar-refractivity contribution in [1.29, 1.82) is 0 Å². The second-order valence-electron chi connectivity index (χ2n) is 7.14. The van der Waals surface area contributed by atoms with Crippen molar-refractivity contribution in [3.05, 3.63) is 57.3 Å². The lowest BCUT2D eigenvalue weighted by atomic mass is 10.1. The van der Waals surface area contributed by atoms with E-state index < -0.39 is 0 Å². The third-order valence-electron chi connectivity index (χ3n) is 4.12. The molecule has 2 heterocycles. The third-order valence-corrected chi connectivity index (χ3v) is 4.12. The minimum atomic E-state index is -0.368. The Bertz CT molecular complexity index is 1020. The average Bonchev–Trinajstić information content (AvgIpc) is 2.85. The summed E-state index contributed by atoms with van der Waals surface area (Å²) in [7, 11) is 0. The topological polar surface area (TPSA) is 77.1 Å². The van der Waals surface area contributed by atoms with Gasteiger partial charge in [-0.05, 0) is 49.9 Å². The van der Waals surface area contributed by atoms with Gasteiger partial charge in [-0.25, -0.2) is 4.98 Å². The average molecular weight is 353 g/mol. The van der Waals surface area contributed by atoms with Crippen molar-refractivity contribution in [3.63, 3.8) is 0 Å². The van der Waals surface area contributed by atoms with Crippen LogP contribution in [0.25, 0.3) is 11.1 Å². The van der Waals surface area contributed by atoms with Crippen molar-refractivity contribution < 1.29 is 9.21 Å². The number of hydrogen-bond donors (Lipinski definition) is 1. The summed E-state index contributed by atoms with van der Waals surface area (Å²) in [6.45, 7) is 10.2. The zero-order chi connectivity index (χ0) is 19.0. The van der Waals surface area contributed by atoms with E-state index in [0.717, 1.165) is 11.1 Å². The lowest BCUT2D eigenvalue weighted by molar-refractivity contribution is 0.102. The van der Waals surface area contributed by atoms with Gasteiger partial charge in [0.2, 0.25) is 5.71 Å².